The highest BCUT2D eigenvalue weighted by atomic mass is 16.5. The maximum atomic E-state index is 11.4. The number of ether oxygens (including phenoxy) is 2. The number of rotatable bonds is 13. The van der Waals surface area contributed by atoms with Crippen LogP contribution in [0, 0.1) is 0 Å². The van der Waals surface area contributed by atoms with Gasteiger partial charge in [0.25, 0.3) is 0 Å². The number of hydrogen-bond acceptors (Lipinski definition) is 5. The van der Waals surface area contributed by atoms with E-state index in [0.717, 1.165) is 32.3 Å². The molecule has 1 unspecified atom stereocenters. The Morgan fingerprint density at radius 2 is 2.05 bits per heavy atom. The van der Waals surface area contributed by atoms with Crippen molar-refractivity contribution < 1.29 is 19.4 Å². The first-order valence-corrected chi connectivity index (χ1v) is 7.56. The summed E-state index contributed by atoms with van der Waals surface area (Å²) < 4.78 is 10.6. The molecule has 0 saturated heterocycles. The van der Waals surface area contributed by atoms with Crippen LogP contribution in [0.15, 0.2) is 0 Å². The second-order valence-corrected chi connectivity index (χ2v) is 5.17. The van der Waals surface area contributed by atoms with Crippen LogP contribution in [0.1, 0.15) is 32.6 Å². The second kappa shape index (κ2) is 11.0. The van der Waals surface area contributed by atoms with Gasteiger partial charge in [0.15, 0.2) is 0 Å². The molecule has 0 radical (unpaired) electrons. The monoisotopic (exact) mass is 288 g/mol. The minimum atomic E-state index is -0.598. The van der Waals surface area contributed by atoms with Gasteiger partial charge in [0, 0.05) is 19.2 Å². The van der Waals surface area contributed by atoms with Crippen molar-refractivity contribution in [1.82, 2.24) is 10.6 Å². The van der Waals surface area contributed by atoms with E-state index in [-0.39, 0.29) is 19.1 Å². The number of aliphatic hydroxyl groups is 1. The van der Waals surface area contributed by atoms with Crippen LogP contribution in [-0.2, 0) is 14.3 Å². The van der Waals surface area contributed by atoms with Gasteiger partial charge in [-0.25, -0.2) is 0 Å². The van der Waals surface area contributed by atoms with Crippen molar-refractivity contribution >= 4 is 5.91 Å². The van der Waals surface area contributed by atoms with Crippen molar-refractivity contribution in [2.45, 2.75) is 44.8 Å². The molecule has 1 rings (SSSR count). The molecule has 1 saturated carbocycles. The average Bonchev–Trinajstić information content (AvgIpc) is 3.21. The molecule has 118 valence electrons. The lowest BCUT2D eigenvalue weighted by molar-refractivity contribution is -0.120. The summed E-state index contributed by atoms with van der Waals surface area (Å²) in [5.74, 6) is -0.00931. The average molecular weight is 288 g/mol. The van der Waals surface area contributed by atoms with Crippen LogP contribution in [-0.4, -0.2) is 62.7 Å². The van der Waals surface area contributed by atoms with Crippen LogP contribution in [0.5, 0.6) is 0 Å². The highest BCUT2D eigenvalue weighted by Crippen LogP contribution is 2.18. The highest BCUT2D eigenvalue weighted by molar-refractivity contribution is 5.78. The Kier molecular flexibility index (Phi) is 9.57. The molecule has 0 heterocycles. The molecule has 0 aromatic carbocycles. The fourth-order valence-electron chi connectivity index (χ4n) is 1.60. The van der Waals surface area contributed by atoms with Gasteiger partial charge in [-0.05, 0) is 19.3 Å². The number of hydrogen-bond donors (Lipinski definition) is 3. The van der Waals surface area contributed by atoms with Gasteiger partial charge in [0.2, 0.25) is 5.91 Å². The fraction of sp³-hybridized carbons (Fsp3) is 0.929. The van der Waals surface area contributed by atoms with Crippen molar-refractivity contribution in [1.29, 1.82) is 0 Å². The predicted octanol–water partition coefficient (Wildman–Crippen LogP) is 0.0488. The molecule has 1 aliphatic carbocycles. The molecule has 1 amide bonds. The molecule has 0 aromatic rings. The lowest BCUT2D eigenvalue weighted by Crippen LogP contribution is -2.39. The van der Waals surface area contributed by atoms with Crippen LogP contribution < -0.4 is 10.6 Å². The standard InChI is InChI=1S/C14H28N2O4/c1-2-3-6-19-7-8-20-11-13(17)9-15-10-14(18)16-12-4-5-12/h12-13,15,17H,2-11H2,1H3,(H,16,18). The van der Waals surface area contributed by atoms with Crippen molar-refractivity contribution in [2.24, 2.45) is 0 Å². The summed E-state index contributed by atoms with van der Waals surface area (Å²) >= 11 is 0. The summed E-state index contributed by atoms with van der Waals surface area (Å²) in [6, 6.07) is 0.380. The van der Waals surface area contributed by atoms with E-state index in [0.29, 0.717) is 25.8 Å². The predicted molar refractivity (Wildman–Crippen MR) is 76.6 cm³/mol. The highest BCUT2D eigenvalue weighted by Gasteiger charge is 2.22. The fourth-order valence-corrected chi connectivity index (χ4v) is 1.60. The van der Waals surface area contributed by atoms with Crippen molar-refractivity contribution in [3.63, 3.8) is 0 Å². The third kappa shape index (κ3) is 10.1. The van der Waals surface area contributed by atoms with Crippen molar-refractivity contribution in [3.05, 3.63) is 0 Å². The molecule has 0 spiro atoms. The van der Waals surface area contributed by atoms with E-state index in [1.54, 1.807) is 0 Å². The number of carbonyl (C=O) groups excluding carboxylic acids is 1. The molecule has 1 atom stereocenters. The van der Waals surface area contributed by atoms with Crippen LogP contribution in [0.2, 0.25) is 0 Å². The molecule has 20 heavy (non-hydrogen) atoms. The third-order valence-corrected chi connectivity index (χ3v) is 2.93. The van der Waals surface area contributed by atoms with E-state index in [1.165, 1.54) is 0 Å². The normalized spacial score (nSPS) is 16.1. The molecule has 1 aliphatic rings. The van der Waals surface area contributed by atoms with Gasteiger partial charge < -0.3 is 25.2 Å². The van der Waals surface area contributed by atoms with Crippen LogP contribution in [0.4, 0.5) is 0 Å². The van der Waals surface area contributed by atoms with E-state index in [1.807, 2.05) is 0 Å². The molecule has 6 nitrogen and oxygen atoms in total. The molecule has 0 aromatic heterocycles. The Hall–Kier alpha value is -0.690. The van der Waals surface area contributed by atoms with Gasteiger partial charge in [-0.2, -0.15) is 0 Å². The second-order valence-electron chi connectivity index (χ2n) is 5.17. The van der Waals surface area contributed by atoms with Gasteiger partial charge in [-0.3, -0.25) is 4.79 Å². The molecular weight excluding hydrogens is 260 g/mol. The third-order valence-electron chi connectivity index (χ3n) is 2.93. The summed E-state index contributed by atoms with van der Waals surface area (Å²) in [7, 11) is 0. The smallest absolute Gasteiger partial charge is 0.234 e. The van der Waals surface area contributed by atoms with Gasteiger partial charge in [0.05, 0.1) is 32.5 Å². The lowest BCUT2D eigenvalue weighted by Gasteiger charge is -2.12. The largest absolute Gasteiger partial charge is 0.389 e. The summed E-state index contributed by atoms with van der Waals surface area (Å²) in [5.41, 5.74) is 0. The minimum Gasteiger partial charge on any atom is -0.389 e. The first kappa shape index (κ1) is 17.4. The van der Waals surface area contributed by atoms with E-state index < -0.39 is 6.10 Å². The summed E-state index contributed by atoms with van der Waals surface area (Å²) in [4.78, 5) is 11.4. The molecule has 1 fully saturated rings. The van der Waals surface area contributed by atoms with Crippen LogP contribution >= 0.6 is 0 Å². The van der Waals surface area contributed by atoms with Gasteiger partial charge in [-0.1, -0.05) is 13.3 Å². The summed E-state index contributed by atoms with van der Waals surface area (Å²) in [5, 5.41) is 15.4. The van der Waals surface area contributed by atoms with E-state index >= 15 is 0 Å². The Balaban J connectivity index is 1.82. The van der Waals surface area contributed by atoms with E-state index in [2.05, 4.69) is 17.6 Å². The minimum absolute atomic E-state index is 0.00931. The zero-order chi connectivity index (χ0) is 14.6. The zero-order valence-electron chi connectivity index (χ0n) is 12.4. The lowest BCUT2D eigenvalue weighted by atomic mass is 10.3. The Morgan fingerprint density at radius 3 is 2.75 bits per heavy atom. The van der Waals surface area contributed by atoms with E-state index in [4.69, 9.17) is 9.47 Å². The maximum Gasteiger partial charge on any atom is 0.234 e. The van der Waals surface area contributed by atoms with Gasteiger partial charge in [-0.15, -0.1) is 0 Å². The maximum absolute atomic E-state index is 11.4. The molecule has 0 bridgehead atoms. The first-order valence-electron chi connectivity index (χ1n) is 7.56. The molecule has 0 aliphatic heterocycles. The summed E-state index contributed by atoms with van der Waals surface area (Å²) in [6.45, 7) is 4.79. The Labute approximate surface area is 121 Å². The van der Waals surface area contributed by atoms with Gasteiger partial charge >= 0.3 is 0 Å². The van der Waals surface area contributed by atoms with Crippen molar-refractivity contribution in [2.75, 3.05) is 39.5 Å². The Bertz CT molecular complexity index is 260. The number of aliphatic hydroxyl groups excluding tert-OH is 1. The number of carbonyl (C=O) groups is 1. The number of unbranched alkanes of at least 4 members (excludes halogenated alkanes) is 1. The number of nitrogens with one attached hydrogen (secondary N) is 2. The zero-order valence-corrected chi connectivity index (χ0v) is 12.4. The first-order chi connectivity index (χ1) is 9.72. The number of amides is 1. The molecule has 6 heteroatoms. The Morgan fingerprint density at radius 1 is 1.30 bits per heavy atom. The quantitative estimate of drug-likeness (QED) is 0.417. The van der Waals surface area contributed by atoms with Crippen LogP contribution in [0.25, 0.3) is 0 Å². The SMILES string of the molecule is CCCCOCCOCC(O)CNCC(=O)NC1CC1. The van der Waals surface area contributed by atoms with E-state index in [9.17, 15) is 9.90 Å². The van der Waals surface area contributed by atoms with Crippen molar-refractivity contribution in [3.8, 4) is 0 Å². The summed E-state index contributed by atoms with van der Waals surface area (Å²) in [6.07, 6.45) is 3.76. The topological polar surface area (TPSA) is 79.8 Å². The van der Waals surface area contributed by atoms with Gasteiger partial charge in [0.1, 0.15) is 0 Å². The van der Waals surface area contributed by atoms with Crippen LogP contribution in [0.3, 0.4) is 0 Å². The molecular formula is C14H28N2O4. The molecule has 3 N–H and O–H groups in total.